The summed E-state index contributed by atoms with van der Waals surface area (Å²) in [7, 11) is 1.24. The number of nitrogens with zero attached hydrogens (tertiary/aromatic N) is 1. The number of nitrogens with one attached hydrogen (secondary N) is 1. The van der Waals surface area contributed by atoms with Gasteiger partial charge in [0, 0.05) is 13.1 Å². The average Bonchev–Trinajstić information content (AvgIpc) is 2.67. The van der Waals surface area contributed by atoms with Crippen LogP contribution >= 0.6 is 0 Å². The molecule has 140 valence electrons. The van der Waals surface area contributed by atoms with E-state index in [-0.39, 0.29) is 23.1 Å². The highest BCUT2D eigenvalue weighted by molar-refractivity contribution is 6.39. The fourth-order valence-electron chi connectivity index (χ4n) is 2.78. The molecule has 2 rings (SSSR count). The maximum atomic E-state index is 12.3. The number of carbonyl (C=O) groups is 4. The predicted octanol–water partition coefficient (Wildman–Crippen LogP) is 1.21. The number of rotatable bonds is 4. The highest BCUT2D eigenvalue weighted by Crippen LogP contribution is 2.20. The summed E-state index contributed by atoms with van der Waals surface area (Å²) >= 11 is 0. The Kier molecular flexibility index (Phi) is 6.71. The van der Waals surface area contributed by atoms with Gasteiger partial charge in [-0.2, -0.15) is 0 Å². The van der Waals surface area contributed by atoms with E-state index in [0.29, 0.717) is 32.5 Å². The molecule has 0 bridgehead atoms. The van der Waals surface area contributed by atoms with Crippen LogP contribution in [0.25, 0.3) is 0 Å². The molecular formula is C18H22N2O6. The molecule has 1 aliphatic rings. The van der Waals surface area contributed by atoms with Crippen molar-refractivity contribution in [3.8, 4) is 0 Å². The lowest BCUT2D eigenvalue weighted by atomic mass is 9.97. The topological polar surface area (TPSA) is 102 Å². The summed E-state index contributed by atoms with van der Waals surface area (Å²) in [5.41, 5.74) is 0.372. The summed E-state index contributed by atoms with van der Waals surface area (Å²) in [5.74, 6) is -2.66. The van der Waals surface area contributed by atoms with Crippen LogP contribution in [0.5, 0.6) is 0 Å². The van der Waals surface area contributed by atoms with Crippen LogP contribution in [0.4, 0.5) is 5.69 Å². The van der Waals surface area contributed by atoms with Crippen LogP contribution < -0.4 is 5.32 Å². The van der Waals surface area contributed by atoms with Crippen LogP contribution in [0.15, 0.2) is 24.3 Å². The second-order valence-corrected chi connectivity index (χ2v) is 5.81. The third-order valence-electron chi connectivity index (χ3n) is 4.18. The standard InChI is InChI=1S/C18H22N2O6/c1-3-26-17(23)12-8-10-20(11-9-12)16(22)15(21)19-14-7-5-4-6-13(14)18(24)25-2/h4-7,12H,3,8-11H2,1-2H3,(H,19,21). The SMILES string of the molecule is CCOC(=O)C1CCN(C(=O)C(=O)Nc2ccccc2C(=O)OC)CC1. The van der Waals surface area contributed by atoms with Gasteiger partial charge in [0.15, 0.2) is 0 Å². The largest absolute Gasteiger partial charge is 0.466 e. The maximum Gasteiger partial charge on any atom is 0.339 e. The van der Waals surface area contributed by atoms with E-state index in [1.165, 1.54) is 24.1 Å². The summed E-state index contributed by atoms with van der Waals surface area (Å²) in [5, 5.41) is 2.45. The van der Waals surface area contributed by atoms with Gasteiger partial charge in [-0.25, -0.2) is 4.79 Å². The highest BCUT2D eigenvalue weighted by atomic mass is 16.5. The number of esters is 2. The van der Waals surface area contributed by atoms with Crippen LogP contribution in [0.3, 0.4) is 0 Å². The lowest BCUT2D eigenvalue weighted by Crippen LogP contribution is -2.45. The maximum absolute atomic E-state index is 12.3. The lowest BCUT2D eigenvalue weighted by Gasteiger charge is -2.30. The first kappa shape index (κ1) is 19.4. The van der Waals surface area contributed by atoms with E-state index in [2.05, 4.69) is 10.1 Å². The molecule has 1 heterocycles. The van der Waals surface area contributed by atoms with E-state index < -0.39 is 17.8 Å². The van der Waals surface area contributed by atoms with Crippen molar-refractivity contribution in [2.75, 3.05) is 32.1 Å². The molecule has 26 heavy (non-hydrogen) atoms. The van der Waals surface area contributed by atoms with Crippen molar-refractivity contribution in [2.24, 2.45) is 5.92 Å². The van der Waals surface area contributed by atoms with Gasteiger partial charge in [0.2, 0.25) is 0 Å². The minimum Gasteiger partial charge on any atom is -0.466 e. The summed E-state index contributed by atoms with van der Waals surface area (Å²) in [6.45, 7) is 2.66. The molecule has 8 nitrogen and oxygen atoms in total. The molecule has 0 aromatic heterocycles. The van der Waals surface area contributed by atoms with Gasteiger partial charge in [0.05, 0.1) is 30.9 Å². The van der Waals surface area contributed by atoms with Crippen molar-refractivity contribution < 1.29 is 28.7 Å². The van der Waals surface area contributed by atoms with Crippen molar-refractivity contribution in [2.45, 2.75) is 19.8 Å². The zero-order chi connectivity index (χ0) is 19.1. The number of hydrogen-bond acceptors (Lipinski definition) is 6. The number of methoxy groups -OCH3 is 1. The van der Waals surface area contributed by atoms with Crippen molar-refractivity contribution in [1.29, 1.82) is 0 Å². The number of hydrogen-bond donors (Lipinski definition) is 1. The van der Waals surface area contributed by atoms with Gasteiger partial charge in [0.25, 0.3) is 0 Å². The third kappa shape index (κ3) is 4.59. The Balaban J connectivity index is 1.96. The molecule has 1 fully saturated rings. The molecule has 1 aromatic rings. The summed E-state index contributed by atoms with van der Waals surface area (Å²) in [6.07, 6.45) is 0.910. The fraction of sp³-hybridized carbons (Fsp3) is 0.444. The van der Waals surface area contributed by atoms with Gasteiger partial charge >= 0.3 is 23.8 Å². The molecule has 1 aliphatic heterocycles. The van der Waals surface area contributed by atoms with E-state index in [4.69, 9.17) is 4.74 Å². The smallest absolute Gasteiger partial charge is 0.339 e. The molecule has 0 aliphatic carbocycles. The predicted molar refractivity (Wildman–Crippen MR) is 92.3 cm³/mol. The zero-order valence-electron chi connectivity index (χ0n) is 14.8. The average molecular weight is 362 g/mol. The van der Waals surface area contributed by atoms with Crippen LogP contribution in [0.2, 0.25) is 0 Å². The van der Waals surface area contributed by atoms with Crippen LogP contribution in [0, 0.1) is 5.92 Å². The number of benzene rings is 1. The minimum absolute atomic E-state index is 0.164. The summed E-state index contributed by atoms with van der Waals surface area (Å²) in [6, 6.07) is 6.28. The van der Waals surface area contributed by atoms with E-state index in [9.17, 15) is 19.2 Å². The number of anilines is 1. The Morgan fingerprint density at radius 2 is 1.81 bits per heavy atom. The molecule has 8 heteroatoms. The Morgan fingerprint density at radius 1 is 1.15 bits per heavy atom. The second kappa shape index (κ2) is 8.98. The van der Waals surface area contributed by atoms with Gasteiger partial charge in [-0.05, 0) is 31.9 Å². The molecule has 1 aromatic carbocycles. The lowest BCUT2D eigenvalue weighted by molar-refractivity contribution is -0.152. The third-order valence-corrected chi connectivity index (χ3v) is 4.18. The van der Waals surface area contributed by atoms with Crippen molar-refractivity contribution in [3.05, 3.63) is 29.8 Å². The van der Waals surface area contributed by atoms with Crippen LogP contribution in [-0.2, 0) is 23.9 Å². The molecule has 0 unspecified atom stereocenters. The minimum atomic E-state index is -0.837. The van der Waals surface area contributed by atoms with Gasteiger partial charge in [-0.3, -0.25) is 14.4 Å². The Bertz CT molecular complexity index is 695. The molecule has 2 amide bonds. The van der Waals surface area contributed by atoms with Crippen molar-refractivity contribution in [1.82, 2.24) is 4.90 Å². The fourth-order valence-corrected chi connectivity index (χ4v) is 2.78. The number of para-hydroxylation sites is 1. The van der Waals surface area contributed by atoms with E-state index in [0.717, 1.165) is 0 Å². The van der Waals surface area contributed by atoms with Crippen LogP contribution in [-0.4, -0.2) is 55.5 Å². The second-order valence-electron chi connectivity index (χ2n) is 5.81. The Hall–Kier alpha value is -2.90. The normalized spacial score (nSPS) is 14.5. The summed E-state index contributed by atoms with van der Waals surface area (Å²) < 4.78 is 9.64. The van der Waals surface area contributed by atoms with Gasteiger partial charge < -0.3 is 19.7 Å². The first-order chi connectivity index (χ1) is 12.5. The molecular weight excluding hydrogens is 340 g/mol. The Labute approximate surface area is 151 Å². The number of ether oxygens (including phenoxy) is 2. The molecule has 0 saturated carbocycles. The quantitative estimate of drug-likeness (QED) is 0.638. The van der Waals surface area contributed by atoms with Crippen molar-refractivity contribution in [3.63, 3.8) is 0 Å². The molecule has 0 radical (unpaired) electrons. The highest BCUT2D eigenvalue weighted by Gasteiger charge is 2.31. The van der Waals surface area contributed by atoms with E-state index >= 15 is 0 Å². The number of piperidine rings is 1. The first-order valence-electron chi connectivity index (χ1n) is 8.42. The molecule has 1 saturated heterocycles. The molecule has 1 N–H and O–H groups in total. The number of carbonyl (C=O) groups excluding carboxylic acids is 4. The van der Waals surface area contributed by atoms with E-state index in [1.54, 1.807) is 19.1 Å². The number of amides is 2. The summed E-state index contributed by atoms with van der Waals surface area (Å²) in [4.78, 5) is 49.4. The molecule has 0 atom stereocenters. The zero-order valence-corrected chi connectivity index (χ0v) is 14.8. The Morgan fingerprint density at radius 3 is 2.42 bits per heavy atom. The van der Waals surface area contributed by atoms with E-state index in [1.807, 2.05) is 0 Å². The van der Waals surface area contributed by atoms with Gasteiger partial charge in [-0.15, -0.1) is 0 Å². The van der Waals surface area contributed by atoms with Crippen molar-refractivity contribution >= 4 is 29.4 Å². The number of likely N-dealkylation sites (tertiary alicyclic amines) is 1. The van der Waals surface area contributed by atoms with Crippen LogP contribution in [0.1, 0.15) is 30.1 Å². The first-order valence-corrected chi connectivity index (χ1v) is 8.42. The monoisotopic (exact) mass is 362 g/mol. The van der Waals surface area contributed by atoms with Gasteiger partial charge in [-0.1, -0.05) is 12.1 Å². The van der Waals surface area contributed by atoms with Gasteiger partial charge in [0.1, 0.15) is 0 Å². The molecule has 0 spiro atoms.